The Kier molecular flexibility index (Phi) is 9.50. The number of unbranched alkanes of at least 4 members (excludes halogenated alkanes) is 2. The van der Waals surface area contributed by atoms with Crippen LogP contribution in [0.3, 0.4) is 0 Å². The number of amides is 1. The number of carbonyl (C=O) groups excluding carboxylic acids is 1. The predicted octanol–water partition coefficient (Wildman–Crippen LogP) is 3.94. The van der Waals surface area contributed by atoms with Gasteiger partial charge in [-0.1, -0.05) is 38.8 Å². The van der Waals surface area contributed by atoms with Crippen molar-refractivity contribution < 1.29 is 19.4 Å². The van der Waals surface area contributed by atoms with E-state index in [2.05, 4.69) is 34.8 Å². The van der Waals surface area contributed by atoms with Crippen molar-refractivity contribution in [1.82, 2.24) is 19.8 Å². The molecule has 8 nitrogen and oxygen atoms in total. The number of carbonyl (C=O) groups is 2. The lowest BCUT2D eigenvalue weighted by Crippen LogP contribution is -2.44. The molecule has 2 aliphatic rings. The largest absolute Gasteiger partial charge is 0.493 e. The van der Waals surface area contributed by atoms with Crippen LogP contribution in [0.25, 0.3) is 0 Å². The highest BCUT2D eigenvalue weighted by Crippen LogP contribution is 2.41. The Labute approximate surface area is 220 Å². The summed E-state index contributed by atoms with van der Waals surface area (Å²) in [5, 5.41) is 10.4. The molecule has 200 valence electrons. The zero-order valence-electron chi connectivity index (χ0n) is 22.1. The number of ether oxygens (including phenoxy) is 1. The first-order valence-electron chi connectivity index (χ1n) is 13.8. The van der Waals surface area contributed by atoms with Gasteiger partial charge in [-0.15, -0.1) is 0 Å². The number of carboxylic acids is 1. The van der Waals surface area contributed by atoms with Crippen LogP contribution in [0.2, 0.25) is 0 Å². The number of carboxylic acid groups (broad SMARTS) is 1. The van der Waals surface area contributed by atoms with E-state index < -0.39 is 11.9 Å². The van der Waals surface area contributed by atoms with Crippen molar-refractivity contribution in [2.75, 3.05) is 32.8 Å². The van der Waals surface area contributed by atoms with Gasteiger partial charge in [-0.2, -0.15) is 0 Å². The molecule has 1 N–H and O–H groups in total. The number of benzene rings is 1. The summed E-state index contributed by atoms with van der Waals surface area (Å²) < 4.78 is 5.67. The summed E-state index contributed by atoms with van der Waals surface area (Å²) in [6.45, 7) is 7.24. The predicted molar refractivity (Wildman–Crippen MR) is 142 cm³/mol. The van der Waals surface area contributed by atoms with Gasteiger partial charge in [0, 0.05) is 49.9 Å². The fraction of sp³-hybridized carbons (Fsp3) is 0.586. The number of fused-ring (bicyclic) bond motifs is 1. The van der Waals surface area contributed by atoms with Crippen molar-refractivity contribution in [2.45, 2.75) is 70.8 Å². The molecule has 2 aromatic rings. The molecule has 2 aliphatic heterocycles. The van der Waals surface area contributed by atoms with E-state index in [1.54, 1.807) is 6.20 Å². The van der Waals surface area contributed by atoms with E-state index in [0.717, 1.165) is 67.8 Å². The third-order valence-corrected chi connectivity index (χ3v) is 7.77. The monoisotopic (exact) mass is 508 g/mol. The minimum absolute atomic E-state index is 0.0982. The summed E-state index contributed by atoms with van der Waals surface area (Å²) in [5.74, 6) is -0.608. The maximum Gasteiger partial charge on any atom is 0.308 e. The molecule has 1 unspecified atom stereocenters. The molecule has 1 fully saturated rings. The van der Waals surface area contributed by atoms with Crippen molar-refractivity contribution in [1.29, 1.82) is 0 Å². The van der Waals surface area contributed by atoms with Crippen molar-refractivity contribution in [3.8, 4) is 5.75 Å². The number of rotatable bonds is 13. The second-order valence-electron chi connectivity index (χ2n) is 10.3. The first-order valence-corrected chi connectivity index (χ1v) is 13.8. The zero-order chi connectivity index (χ0) is 26.2. The summed E-state index contributed by atoms with van der Waals surface area (Å²) in [4.78, 5) is 38.7. The Morgan fingerprint density at radius 3 is 2.62 bits per heavy atom. The molecule has 3 atom stereocenters. The lowest BCUT2D eigenvalue weighted by atomic mass is 9.83. The van der Waals surface area contributed by atoms with Gasteiger partial charge in [-0.05, 0) is 48.9 Å². The summed E-state index contributed by atoms with van der Waals surface area (Å²) in [6.07, 6.45) is 9.36. The molecule has 0 spiro atoms. The number of aromatic nitrogens is 2. The molecule has 37 heavy (non-hydrogen) atoms. The molecule has 4 rings (SSSR count). The first kappa shape index (κ1) is 27.0. The van der Waals surface area contributed by atoms with Crippen LogP contribution < -0.4 is 4.74 Å². The summed E-state index contributed by atoms with van der Waals surface area (Å²) in [5.41, 5.74) is 3.04. The lowest BCUT2D eigenvalue weighted by Gasteiger charge is -2.29. The van der Waals surface area contributed by atoms with Gasteiger partial charge >= 0.3 is 5.97 Å². The van der Waals surface area contributed by atoms with E-state index in [9.17, 15) is 14.7 Å². The van der Waals surface area contributed by atoms with Crippen LogP contribution in [-0.4, -0.2) is 75.6 Å². The van der Waals surface area contributed by atoms with Crippen molar-refractivity contribution in [2.24, 2.45) is 5.92 Å². The average Bonchev–Trinajstić information content (AvgIpc) is 3.52. The molecule has 1 saturated heterocycles. The fourth-order valence-corrected chi connectivity index (χ4v) is 5.72. The molecule has 1 amide bonds. The Balaban J connectivity index is 1.59. The summed E-state index contributed by atoms with van der Waals surface area (Å²) in [6, 6.07) is 7.70. The van der Waals surface area contributed by atoms with E-state index >= 15 is 0 Å². The van der Waals surface area contributed by atoms with Gasteiger partial charge in [0.2, 0.25) is 5.91 Å². The Morgan fingerprint density at radius 2 is 1.95 bits per heavy atom. The molecular weight excluding hydrogens is 468 g/mol. The Bertz CT molecular complexity index is 1040. The van der Waals surface area contributed by atoms with Gasteiger partial charge in [0.1, 0.15) is 12.1 Å². The number of likely N-dealkylation sites (tertiary alicyclic amines) is 1. The second kappa shape index (κ2) is 13.0. The number of hydrogen-bond donors (Lipinski definition) is 1. The minimum Gasteiger partial charge on any atom is -0.493 e. The molecule has 0 bridgehead atoms. The molecule has 8 heteroatoms. The van der Waals surface area contributed by atoms with E-state index in [1.165, 1.54) is 6.33 Å². The molecule has 0 saturated carbocycles. The maximum atomic E-state index is 13.5. The van der Waals surface area contributed by atoms with Crippen LogP contribution in [-0.2, 0) is 22.4 Å². The highest BCUT2D eigenvalue weighted by atomic mass is 16.5. The smallest absolute Gasteiger partial charge is 0.308 e. The number of aliphatic carboxylic acids is 1. The topological polar surface area (TPSA) is 95.9 Å². The standard InChI is InChI=1S/C29H40N4O4/c1-3-5-14-32(15-6-4-2)27(34)19-33-18-24(21-7-10-26-22(17-21)12-16-37-26)28(29(35)36)25(33)9-8-23-11-13-30-20-31-23/h7,10-11,13,17,20,24-25,28H,3-6,8-9,12,14-16,18-19H2,1-2H3,(H,35,36)/t24-,25+,28?/m1/s1. The van der Waals surface area contributed by atoms with E-state index in [4.69, 9.17) is 4.74 Å². The third kappa shape index (κ3) is 6.66. The normalized spacial score (nSPS) is 21.0. The molecular formula is C29H40N4O4. The average molecular weight is 509 g/mol. The third-order valence-electron chi connectivity index (χ3n) is 7.77. The summed E-state index contributed by atoms with van der Waals surface area (Å²) >= 11 is 0. The van der Waals surface area contributed by atoms with Crippen LogP contribution in [0.4, 0.5) is 0 Å². The van der Waals surface area contributed by atoms with Crippen LogP contribution in [0.5, 0.6) is 5.75 Å². The summed E-state index contributed by atoms with van der Waals surface area (Å²) in [7, 11) is 0. The number of aryl methyl sites for hydroxylation is 1. The molecule has 1 aromatic heterocycles. The lowest BCUT2D eigenvalue weighted by molar-refractivity contribution is -0.143. The van der Waals surface area contributed by atoms with Gasteiger partial charge < -0.3 is 14.7 Å². The SMILES string of the molecule is CCCCN(CCCC)C(=O)CN1C[C@H](c2ccc3c(c2)CCO3)C(C(=O)O)[C@@H]1CCc1ccncn1. The highest BCUT2D eigenvalue weighted by molar-refractivity contribution is 5.79. The van der Waals surface area contributed by atoms with Crippen LogP contribution >= 0.6 is 0 Å². The van der Waals surface area contributed by atoms with Crippen molar-refractivity contribution in [3.63, 3.8) is 0 Å². The van der Waals surface area contributed by atoms with Gasteiger partial charge in [0.05, 0.1) is 19.1 Å². The van der Waals surface area contributed by atoms with Crippen LogP contribution in [0.15, 0.2) is 36.8 Å². The Morgan fingerprint density at radius 1 is 1.16 bits per heavy atom. The molecule has 0 aliphatic carbocycles. The molecule has 1 aromatic carbocycles. The van der Waals surface area contributed by atoms with Gasteiger partial charge in [-0.25, -0.2) is 9.97 Å². The van der Waals surface area contributed by atoms with Gasteiger partial charge in [0.25, 0.3) is 0 Å². The number of hydrogen-bond acceptors (Lipinski definition) is 6. The van der Waals surface area contributed by atoms with E-state index in [1.807, 2.05) is 23.1 Å². The van der Waals surface area contributed by atoms with Gasteiger partial charge in [0.15, 0.2) is 0 Å². The highest BCUT2D eigenvalue weighted by Gasteiger charge is 2.47. The van der Waals surface area contributed by atoms with E-state index in [-0.39, 0.29) is 24.4 Å². The zero-order valence-corrected chi connectivity index (χ0v) is 22.1. The quantitative estimate of drug-likeness (QED) is 0.438. The number of nitrogens with zero attached hydrogens (tertiary/aromatic N) is 4. The van der Waals surface area contributed by atoms with Crippen molar-refractivity contribution in [3.05, 3.63) is 53.6 Å². The first-order chi connectivity index (χ1) is 18.0. The van der Waals surface area contributed by atoms with E-state index in [0.29, 0.717) is 26.0 Å². The second-order valence-corrected chi connectivity index (χ2v) is 10.3. The minimum atomic E-state index is -0.807. The maximum absolute atomic E-state index is 13.5. The van der Waals surface area contributed by atoms with Crippen molar-refractivity contribution >= 4 is 11.9 Å². The fourth-order valence-electron chi connectivity index (χ4n) is 5.72. The van der Waals surface area contributed by atoms with Crippen LogP contribution in [0, 0.1) is 5.92 Å². The Hall–Kier alpha value is -3.00. The molecule has 3 heterocycles. The molecule has 0 radical (unpaired) electrons. The van der Waals surface area contributed by atoms with Crippen LogP contribution in [0.1, 0.15) is 68.7 Å². The van der Waals surface area contributed by atoms with Gasteiger partial charge in [-0.3, -0.25) is 14.5 Å².